The van der Waals surface area contributed by atoms with Crippen molar-refractivity contribution in [2.24, 2.45) is 17.8 Å². The molecular weight excluding hydrogens is 464 g/mol. The van der Waals surface area contributed by atoms with Gasteiger partial charge in [0.1, 0.15) is 23.2 Å². The molecule has 0 aliphatic heterocycles. The molecule has 2 heterocycles. The molecule has 0 bridgehead atoms. The van der Waals surface area contributed by atoms with E-state index in [0.717, 1.165) is 38.5 Å². The summed E-state index contributed by atoms with van der Waals surface area (Å²) in [5.74, 6) is -1.81. The summed E-state index contributed by atoms with van der Waals surface area (Å²) >= 11 is 0. The van der Waals surface area contributed by atoms with Gasteiger partial charge in [0.05, 0.1) is 23.2 Å². The van der Waals surface area contributed by atoms with E-state index in [2.05, 4.69) is 20.8 Å². The van der Waals surface area contributed by atoms with Gasteiger partial charge >= 0.3 is 12.1 Å². The highest BCUT2D eigenvalue weighted by Gasteiger charge is 2.36. The van der Waals surface area contributed by atoms with Gasteiger partial charge in [0, 0.05) is 0 Å². The first-order valence-corrected chi connectivity index (χ1v) is 12.7. The maximum atomic E-state index is 12.9. The van der Waals surface area contributed by atoms with E-state index in [0.29, 0.717) is 47.2 Å². The van der Waals surface area contributed by atoms with Gasteiger partial charge in [0.2, 0.25) is 11.7 Å². The second kappa shape index (κ2) is 11.1. The van der Waals surface area contributed by atoms with E-state index in [-0.39, 0.29) is 17.8 Å². The lowest BCUT2D eigenvalue weighted by Gasteiger charge is -2.27. The highest BCUT2D eigenvalue weighted by atomic mass is 16.6. The van der Waals surface area contributed by atoms with Crippen molar-refractivity contribution in [1.29, 1.82) is 0 Å². The number of nitrogens with one attached hydrogen (secondary N) is 2. The number of hydrogen-bond donors (Lipinski definition) is 3. The van der Waals surface area contributed by atoms with E-state index >= 15 is 0 Å². The summed E-state index contributed by atoms with van der Waals surface area (Å²) < 4.78 is 11.1. The van der Waals surface area contributed by atoms with Crippen LogP contribution in [0.5, 0.6) is 0 Å². The number of hydrogen-bond acceptors (Lipinski definition) is 7. The van der Waals surface area contributed by atoms with Gasteiger partial charge in [-0.15, -0.1) is 0 Å². The van der Waals surface area contributed by atoms with Gasteiger partial charge in [0.15, 0.2) is 0 Å². The number of anilines is 2. The molecule has 2 aliphatic rings. The summed E-state index contributed by atoms with van der Waals surface area (Å²) in [6, 6.07) is 3.35. The van der Waals surface area contributed by atoms with Crippen LogP contribution in [-0.4, -0.2) is 39.3 Å². The summed E-state index contributed by atoms with van der Waals surface area (Å²) in [5, 5.41) is 19.1. The molecule has 2 aromatic heterocycles. The third kappa shape index (κ3) is 5.68. The van der Waals surface area contributed by atoms with Gasteiger partial charge in [-0.1, -0.05) is 30.8 Å². The number of rotatable bonds is 7. The Kier molecular flexibility index (Phi) is 7.91. The van der Waals surface area contributed by atoms with Crippen molar-refractivity contribution in [3.05, 3.63) is 23.5 Å². The number of carbonyl (C=O) groups is 3. The molecule has 2 aromatic rings. The highest BCUT2D eigenvalue weighted by Crippen LogP contribution is 2.34. The number of carboxylic acids is 1. The number of pyridine rings is 1. The fraction of sp³-hybridized carbons (Fsp3) is 0.577. The molecule has 0 saturated heterocycles. The maximum Gasteiger partial charge on any atom is 0.412 e. The van der Waals surface area contributed by atoms with Crippen molar-refractivity contribution in [3.8, 4) is 11.5 Å². The molecule has 2 amide bonds. The Morgan fingerprint density at radius 2 is 1.67 bits per heavy atom. The van der Waals surface area contributed by atoms with Crippen LogP contribution in [-0.2, 0) is 14.3 Å². The monoisotopic (exact) mass is 498 g/mol. The van der Waals surface area contributed by atoms with Gasteiger partial charge in [-0.05, 0) is 64.5 Å². The van der Waals surface area contributed by atoms with Crippen molar-refractivity contribution >= 4 is 29.3 Å². The van der Waals surface area contributed by atoms with Crippen molar-refractivity contribution in [1.82, 2.24) is 10.1 Å². The number of nitrogens with zero attached hydrogens (tertiary/aromatic N) is 2. The normalized spacial score (nSPS) is 21.1. The van der Waals surface area contributed by atoms with E-state index < -0.39 is 23.9 Å². The first-order valence-electron chi connectivity index (χ1n) is 12.7. The molecule has 2 aliphatic carbocycles. The minimum Gasteiger partial charge on any atom is -0.481 e. The molecule has 10 heteroatoms. The van der Waals surface area contributed by atoms with Crippen LogP contribution in [0.2, 0.25) is 0 Å². The molecule has 0 spiro atoms. The Morgan fingerprint density at radius 3 is 2.33 bits per heavy atom. The van der Waals surface area contributed by atoms with Crippen molar-refractivity contribution < 1.29 is 28.8 Å². The van der Waals surface area contributed by atoms with Gasteiger partial charge in [-0.3, -0.25) is 14.9 Å². The number of ether oxygens (including phenoxy) is 1. The third-order valence-electron chi connectivity index (χ3n) is 7.44. The Hall–Kier alpha value is -3.43. The minimum atomic E-state index is -0.933. The number of aromatic nitrogens is 2. The highest BCUT2D eigenvalue weighted by molar-refractivity contribution is 5.96. The summed E-state index contributed by atoms with van der Waals surface area (Å²) in [7, 11) is 0. The molecule has 2 fully saturated rings. The summed E-state index contributed by atoms with van der Waals surface area (Å²) in [6.07, 6.45) is 6.42. The second-order valence-electron chi connectivity index (χ2n) is 9.91. The Balaban J connectivity index is 1.45. The van der Waals surface area contributed by atoms with Crippen LogP contribution in [0, 0.1) is 31.6 Å². The van der Waals surface area contributed by atoms with Crippen LogP contribution in [0.15, 0.2) is 16.7 Å². The molecule has 36 heavy (non-hydrogen) atoms. The van der Waals surface area contributed by atoms with E-state index in [1.807, 2.05) is 6.92 Å². The van der Waals surface area contributed by atoms with Gasteiger partial charge in [-0.25, -0.2) is 9.78 Å². The van der Waals surface area contributed by atoms with Crippen LogP contribution in [0.25, 0.3) is 11.5 Å². The Bertz CT molecular complexity index is 1120. The van der Waals surface area contributed by atoms with E-state index in [4.69, 9.17) is 9.26 Å². The van der Waals surface area contributed by atoms with Crippen LogP contribution in [0.3, 0.4) is 0 Å². The lowest BCUT2D eigenvalue weighted by atomic mass is 9.78. The quantitative estimate of drug-likeness (QED) is 0.466. The number of carboxylic acid groups (broad SMARTS) is 1. The van der Waals surface area contributed by atoms with Gasteiger partial charge < -0.3 is 19.7 Å². The first-order chi connectivity index (χ1) is 17.2. The Labute approximate surface area is 210 Å². The van der Waals surface area contributed by atoms with Gasteiger partial charge in [-0.2, -0.15) is 0 Å². The fourth-order valence-electron chi connectivity index (χ4n) is 5.30. The van der Waals surface area contributed by atoms with Crippen molar-refractivity contribution in [3.63, 3.8) is 0 Å². The molecule has 3 N–H and O–H groups in total. The molecule has 10 nitrogen and oxygen atoms in total. The summed E-state index contributed by atoms with van der Waals surface area (Å²) in [5.41, 5.74) is 2.33. The first kappa shape index (κ1) is 25.7. The van der Waals surface area contributed by atoms with Crippen LogP contribution in [0.4, 0.5) is 16.2 Å². The zero-order chi connectivity index (χ0) is 25.8. The van der Waals surface area contributed by atoms with Crippen LogP contribution < -0.4 is 10.6 Å². The zero-order valence-corrected chi connectivity index (χ0v) is 21.0. The van der Waals surface area contributed by atoms with Crippen molar-refractivity contribution in [2.75, 3.05) is 10.6 Å². The Morgan fingerprint density at radius 1 is 1.00 bits per heavy atom. The fourth-order valence-corrected chi connectivity index (χ4v) is 5.30. The molecule has 3 atom stereocenters. The average molecular weight is 499 g/mol. The molecule has 0 radical (unpaired) electrons. The molecule has 2 saturated carbocycles. The minimum absolute atomic E-state index is 0.177. The molecule has 4 rings (SSSR count). The average Bonchev–Trinajstić information content (AvgIpc) is 3.51. The standard InChI is InChI=1S/C26H34N4O6/c1-14-20(28-24(31)18-10-6-7-11-19(18)25(32)33)12-13-21(27-14)23-22(15(2)30-36-23)29-26(34)35-16(3)17-8-4-5-9-17/h12-13,16-19H,4-11H2,1-3H3,(H,28,31)(H,29,34)(H,32,33)/t16?,18-,19-/m0/s1. The van der Waals surface area contributed by atoms with Gasteiger partial charge in [0.25, 0.3) is 0 Å². The lowest BCUT2D eigenvalue weighted by Crippen LogP contribution is -2.36. The largest absolute Gasteiger partial charge is 0.481 e. The second-order valence-corrected chi connectivity index (χ2v) is 9.91. The number of amides is 2. The number of aliphatic carboxylic acids is 1. The van der Waals surface area contributed by atoms with E-state index in [1.54, 1.807) is 26.0 Å². The third-order valence-corrected chi connectivity index (χ3v) is 7.44. The number of aryl methyl sites for hydroxylation is 2. The lowest BCUT2D eigenvalue weighted by molar-refractivity contribution is -0.147. The van der Waals surface area contributed by atoms with E-state index in [9.17, 15) is 19.5 Å². The molecule has 1 unspecified atom stereocenters. The molecule has 194 valence electrons. The molecule has 0 aromatic carbocycles. The predicted octanol–water partition coefficient (Wildman–Crippen LogP) is 5.31. The summed E-state index contributed by atoms with van der Waals surface area (Å²) in [6.45, 7) is 5.37. The smallest absolute Gasteiger partial charge is 0.412 e. The molecular formula is C26H34N4O6. The van der Waals surface area contributed by atoms with Crippen LogP contribution in [0.1, 0.15) is 69.7 Å². The maximum absolute atomic E-state index is 12.9. The predicted molar refractivity (Wildman–Crippen MR) is 132 cm³/mol. The number of carbonyl (C=O) groups excluding carboxylic acids is 2. The van der Waals surface area contributed by atoms with Crippen molar-refractivity contribution in [2.45, 2.75) is 78.2 Å². The SMILES string of the molecule is Cc1nc(-c2onc(C)c2NC(=O)OC(C)C2CCCC2)ccc1NC(=O)[C@H]1CCCC[C@@H]1C(=O)O. The topological polar surface area (TPSA) is 144 Å². The zero-order valence-electron chi connectivity index (χ0n) is 21.0. The van der Waals surface area contributed by atoms with E-state index in [1.165, 1.54) is 0 Å². The summed E-state index contributed by atoms with van der Waals surface area (Å²) in [4.78, 5) is 41.5. The van der Waals surface area contributed by atoms with Crippen LogP contribution >= 0.6 is 0 Å².